The number of carbonyl (C=O) groups is 2. The highest BCUT2D eigenvalue weighted by molar-refractivity contribution is 5.96. The zero-order chi connectivity index (χ0) is 16.9. The van der Waals surface area contributed by atoms with Crippen LogP contribution < -0.4 is 10.6 Å². The van der Waals surface area contributed by atoms with Crippen molar-refractivity contribution in [3.8, 4) is 0 Å². The molecule has 1 atom stereocenters. The van der Waals surface area contributed by atoms with Gasteiger partial charge in [0, 0.05) is 18.2 Å². The molecule has 122 valence electrons. The molecule has 1 unspecified atom stereocenters. The number of carbonyl (C=O) groups excluding carboxylic acids is 2. The minimum absolute atomic E-state index is 0.0357. The molecular formula is C15H20F2N2O3. The average Bonchev–Trinajstić information content (AvgIpc) is 2.41. The summed E-state index contributed by atoms with van der Waals surface area (Å²) in [6, 6.07) is 2.40. The first-order valence-corrected chi connectivity index (χ1v) is 6.85. The SMILES string of the molecule is CC(C)C(C)(O)CNC(=O)CNC(=O)c1cc(F)cc(F)c1. The molecule has 0 aliphatic carbocycles. The number of rotatable bonds is 6. The summed E-state index contributed by atoms with van der Waals surface area (Å²) in [7, 11) is 0. The number of benzene rings is 1. The van der Waals surface area contributed by atoms with Crippen molar-refractivity contribution in [1.82, 2.24) is 10.6 Å². The topological polar surface area (TPSA) is 78.4 Å². The molecule has 7 heteroatoms. The quantitative estimate of drug-likeness (QED) is 0.739. The third-order valence-corrected chi connectivity index (χ3v) is 3.42. The van der Waals surface area contributed by atoms with E-state index >= 15 is 0 Å². The van der Waals surface area contributed by atoms with Crippen molar-refractivity contribution in [2.45, 2.75) is 26.4 Å². The van der Waals surface area contributed by atoms with Crippen molar-refractivity contribution in [1.29, 1.82) is 0 Å². The minimum atomic E-state index is -1.06. The third-order valence-electron chi connectivity index (χ3n) is 3.42. The lowest BCUT2D eigenvalue weighted by Gasteiger charge is -2.27. The lowest BCUT2D eigenvalue weighted by molar-refractivity contribution is -0.121. The molecule has 3 N–H and O–H groups in total. The van der Waals surface area contributed by atoms with Crippen LogP contribution in [0.25, 0.3) is 0 Å². The second-order valence-corrected chi connectivity index (χ2v) is 5.63. The molecule has 0 aliphatic heterocycles. The van der Waals surface area contributed by atoms with Crippen molar-refractivity contribution in [2.24, 2.45) is 5.92 Å². The summed E-state index contributed by atoms with van der Waals surface area (Å²) in [5.74, 6) is -3.07. The van der Waals surface area contributed by atoms with Gasteiger partial charge in [-0.1, -0.05) is 13.8 Å². The second-order valence-electron chi connectivity index (χ2n) is 5.63. The number of amides is 2. The third kappa shape index (κ3) is 5.40. The predicted molar refractivity (Wildman–Crippen MR) is 77.2 cm³/mol. The van der Waals surface area contributed by atoms with Crippen LogP contribution in [0.3, 0.4) is 0 Å². The molecule has 0 fully saturated rings. The van der Waals surface area contributed by atoms with E-state index in [1.807, 2.05) is 13.8 Å². The van der Waals surface area contributed by atoms with Gasteiger partial charge in [0.25, 0.3) is 5.91 Å². The van der Waals surface area contributed by atoms with E-state index in [1.165, 1.54) is 0 Å². The fourth-order valence-electron chi connectivity index (χ4n) is 1.49. The lowest BCUT2D eigenvalue weighted by atomic mass is 9.92. The second kappa shape index (κ2) is 7.31. The predicted octanol–water partition coefficient (Wildman–Crippen LogP) is 1.22. The molecule has 0 radical (unpaired) electrons. The van der Waals surface area contributed by atoms with Crippen molar-refractivity contribution in [3.63, 3.8) is 0 Å². The normalized spacial score (nSPS) is 13.6. The molecule has 2 amide bonds. The number of hydrogen-bond donors (Lipinski definition) is 3. The minimum Gasteiger partial charge on any atom is -0.388 e. The van der Waals surface area contributed by atoms with E-state index in [9.17, 15) is 23.5 Å². The highest BCUT2D eigenvalue weighted by Crippen LogP contribution is 2.14. The monoisotopic (exact) mass is 314 g/mol. The van der Waals surface area contributed by atoms with E-state index in [4.69, 9.17) is 0 Å². The molecular weight excluding hydrogens is 294 g/mol. The van der Waals surface area contributed by atoms with E-state index in [-0.39, 0.29) is 24.6 Å². The van der Waals surface area contributed by atoms with E-state index in [0.717, 1.165) is 12.1 Å². The van der Waals surface area contributed by atoms with Crippen molar-refractivity contribution in [2.75, 3.05) is 13.1 Å². The molecule has 1 rings (SSSR count). The first-order chi connectivity index (χ1) is 10.1. The van der Waals surface area contributed by atoms with Crippen LogP contribution in [0, 0.1) is 17.6 Å². The number of halogens is 2. The Hall–Kier alpha value is -2.02. The molecule has 1 aromatic carbocycles. The van der Waals surface area contributed by atoms with Gasteiger partial charge in [-0.3, -0.25) is 9.59 Å². The summed E-state index contributed by atoms with van der Waals surface area (Å²) >= 11 is 0. The summed E-state index contributed by atoms with van der Waals surface area (Å²) in [6.45, 7) is 4.89. The Labute approximate surface area is 127 Å². The fraction of sp³-hybridized carbons (Fsp3) is 0.467. The summed E-state index contributed by atoms with van der Waals surface area (Å²) < 4.78 is 26.0. The average molecular weight is 314 g/mol. The van der Waals surface area contributed by atoms with Crippen LogP contribution in [0.2, 0.25) is 0 Å². The molecule has 1 aromatic rings. The van der Waals surface area contributed by atoms with Gasteiger partial charge in [-0.15, -0.1) is 0 Å². The molecule has 0 aliphatic rings. The van der Waals surface area contributed by atoms with Crippen LogP contribution in [-0.2, 0) is 4.79 Å². The van der Waals surface area contributed by atoms with E-state index in [0.29, 0.717) is 6.07 Å². The molecule has 0 saturated heterocycles. The standard InChI is InChI=1S/C15H20F2N2O3/c1-9(2)15(3,22)8-19-13(20)7-18-14(21)10-4-11(16)6-12(17)5-10/h4-6,9,22H,7-8H2,1-3H3,(H,18,21)(H,19,20). The molecule has 0 saturated carbocycles. The van der Waals surface area contributed by atoms with Crippen LogP contribution in [0.15, 0.2) is 18.2 Å². The largest absolute Gasteiger partial charge is 0.388 e. The first kappa shape index (κ1) is 18.0. The maximum Gasteiger partial charge on any atom is 0.251 e. The van der Waals surface area contributed by atoms with Crippen molar-refractivity contribution in [3.05, 3.63) is 35.4 Å². The van der Waals surface area contributed by atoms with Gasteiger partial charge in [-0.2, -0.15) is 0 Å². The molecule has 0 spiro atoms. The van der Waals surface area contributed by atoms with Crippen molar-refractivity contribution < 1.29 is 23.5 Å². The summed E-state index contributed by atoms with van der Waals surface area (Å²) in [6.07, 6.45) is 0. The van der Waals surface area contributed by atoms with Gasteiger partial charge in [-0.25, -0.2) is 8.78 Å². The molecule has 0 aromatic heterocycles. The summed E-state index contributed by atoms with van der Waals surface area (Å²) in [5.41, 5.74) is -1.27. The van der Waals surface area contributed by atoms with Gasteiger partial charge in [-0.05, 0) is 25.0 Å². The zero-order valence-electron chi connectivity index (χ0n) is 12.7. The molecule has 5 nitrogen and oxygen atoms in total. The Bertz CT molecular complexity index is 539. The summed E-state index contributed by atoms with van der Waals surface area (Å²) in [5, 5.41) is 14.7. The van der Waals surface area contributed by atoms with E-state index in [2.05, 4.69) is 10.6 Å². The Morgan fingerprint density at radius 2 is 1.73 bits per heavy atom. The smallest absolute Gasteiger partial charge is 0.251 e. The lowest BCUT2D eigenvalue weighted by Crippen LogP contribution is -2.47. The Morgan fingerprint density at radius 3 is 2.23 bits per heavy atom. The fourth-order valence-corrected chi connectivity index (χ4v) is 1.49. The number of aliphatic hydroxyl groups is 1. The van der Waals surface area contributed by atoms with Crippen LogP contribution in [0.1, 0.15) is 31.1 Å². The molecule has 0 heterocycles. The van der Waals surface area contributed by atoms with Crippen molar-refractivity contribution >= 4 is 11.8 Å². The maximum atomic E-state index is 13.0. The highest BCUT2D eigenvalue weighted by atomic mass is 19.1. The van der Waals surface area contributed by atoms with Gasteiger partial charge in [0.2, 0.25) is 5.91 Å². The van der Waals surface area contributed by atoms with Crippen LogP contribution in [-0.4, -0.2) is 35.6 Å². The zero-order valence-corrected chi connectivity index (χ0v) is 12.7. The Balaban J connectivity index is 2.49. The van der Waals surface area contributed by atoms with E-state index < -0.39 is 29.0 Å². The van der Waals surface area contributed by atoms with Crippen LogP contribution in [0.4, 0.5) is 8.78 Å². The number of hydrogen-bond acceptors (Lipinski definition) is 3. The molecule has 22 heavy (non-hydrogen) atoms. The van der Waals surface area contributed by atoms with Gasteiger partial charge < -0.3 is 15.7 Å². The number of nitrogens with one attached hydrogen (secondary N) is 2. The van der Waals surface area contributed by atoms with Gasteiger partial charge in [0.15, 0.2) is 0 Å². The Morgan fingerprint density at radius 1 is 1.18 bits per heavy atom. The Kier molecular flexibility index (Phi) is 5.99. The van der Waals surface area contributed by atoms with Gasteiger partial charge in [0.1, 0.15) is 11.6 Å². The maximum absolute atomic E-state index is 13.0. The highest BCUT2D eigenvalue weighted by Gasteiger charge is 2.25. The molecule has 0 bridgehead atoms. The van der Waals surface area contributed by atoms with E-state index in [1.54, 1.807) is 6.92 Å². The van der Waals surface area contributed by atoms with Gasteiger partial charge in [0.05, 0.1) is 12.1 Å². The van der Waals surface area contributed by atoms with Crippen LogP contribution >= 0.6 is 0 Å². The van der Waals surface area contributed by atoms with Gasteiger partial charge >= 0.3 is 0 Å². The first-order valence-electron chi connectivity index (χ1n) is 6.85. The van der Waals surface area contributed by atoms with Crippen LogP contribution in [0.5, 0.6) is 0 Å². The summed E-state index contributed by atoms with van der Waals surface area (Å²) in [4.78, 5) is 23.3.